The number of hydrogen-bond acceptors (Lipinski definition) is 4. The number of carbonyl (C=O) groups excluding carboxylic acids is 1. The smallest absolute Gasteiger partial charge is 0.308 e. The molecule has 3 N–H and O–H groups in total. The summed E-state index contributed by atoms with van der Waals surface area (Å²) in [7, 11) is -3.99. The normalized spacial score (nSPS) is 11.3. The van der Waals surface area contributed by atoms with E-state index in [1.165, 1.54) is 30.3 Å². The molecule has 6 nitrogen and oxygen atoms in total. The maximum absolute atomic E-state index is 12.9. The van der Waals surface area contributed by atoms with Crippen molar-refractivity contribution in [2.45, 2.75) is 22.5 Å². The lowest BCUT2D eigenvalue weighted by Crippen LogP contribution is -2.20. The second kappa shape index (κ2) is 10.2. The van der Waals surface area contributed by atoms with Crippen LogP contribution in [0.3, 0.4) is 0 Å². The summed E-state index contributed by atoms with van der Waals surface area (Å²) in [5.41, 5.74) is 1.47. The van der Waals surface area contributed by atoms with Crippen LogP contribution in [0.2, 0.25) is 5.02 Å². The van der Waals surface area contributed by atoms with E-state index in [2.05, 4.69) is 15.4 Å². The number of nitrogens with one attached hydrogen (secondary N) is 3. The van der Waals surface area contributed by atoms with E-state index in [-0.39, 0.29) is 16.3 Å². The maximum Gasteiger partial charge on any atom is 0.323 e. The van der Waals surface area contributed by atoms with Gasteiger partial charge in [0, 0.05) is 27.0 Å². The topological polar surface area (TPSA) is 87.3 Å². The van der Waals surface area contributed by atoms with E-state index in [0.717, 1.165) is 0 Å². The van der Waals surface area contributed by atoms with Gasteiger partial charge in [-0.2, -0.15) is 8.78 Å². The van der Waals surface area contributed by atoms with Crippen molar-refractivity contribution in [3.8, 4) is 0 Å². The summed E-state index contributed by atoms with van der Waals surface area (Å²) in [6, 6.07) is 16.0. The Balaban J connectivity index is 1.73. The molecule has 0 bridgehead atoms. The number of anilines is 3. The fraction of sp³-hybridized carbons (Fsp3) is 0.0952. The predicted octanol–water partition coefficient (Wildman–Crippen LogP) is 6.41. The lowest BCUT2D eigenvalue weighted by Gasteiger charge is -2.13. The molecule has 0 aliphatic rings. The molecular formula is C21H18ClF2N3O3S2. The van der Waals surface area contributed by atoms with Gasteiger partial charge in [-0.05, 0) is 73.2 Å². The summed E-state index contributed by atoms with van der Waals surface area (Å²) in [5.74, 6) is -2.56. The van der Waals surface area contributed by atoms with Crippen LogP contribution in [-0.2, 0) is 10.0 Å². The molecule has 0 fully saturated rings. The van der Waals surface area contributed by atoms with Crippen LogP contribution in [0.5, 0.6) is 0 Å². The Labute approximate surface area is 193 Å². The highest BCUT2D eigenvalue weighted by Gasteiger charge is 2.18. The SMILES string of the molecule is Cc1ccc(NC(=O)Nc2ccc(Cl)cc2)cc1S(=O)(=O)Nc1ccc(SC(F)F)cc1. The fourth-order valence-corrected chi connectivity index (χ4v) is 4.66. The summed E-state index contributed by atoms with van der Waals surface area (Å²) in [6.45, 7) is 1.62. The van der Waals surface area contributed by atoms with Gasteiger partial charge in [0.2, 0.25) is 0 Å². The molecule has 0 aliphatic heterocycles. The number of rotatable bonds is 7. The van der Waals surface area contributed by atoms with Gasteiger partial charge in [-0.1, -0.05) is 29.4 Å². The Morgan fingerprint density at radius 3 is 2.09 bits per heavy atom. The fourth-order valence-electron chi connectivity index (χ4n) is 2.71. The van der Waals surface area contributed by atoms with E-state index < -0.39 is 21.8 Å². The second-order valence-corrected chi connectivity index (χ2v) is 9.73. The number of alkyl halides is 2. The van der Waals surface area contributed by atoms with E-state index in [0.29, 0.717) is 32.9 Å². The number of carbonyl (C=O) groups is 1. The zero-order valence-electron chi connectivity index (χ0n) is 16.6. The van der Waals surface area contributed by atoms with Crippen molar-refractivity contribution in [1.29, 1.82) is 0 Å². The highest BCUT2D eigenvalue weighted by Crippen LogP contribution is 2.28. The first kappa shape index (κ1) is 23.8. The molecule has 0 saturated heterocycles. The van der Waals surface area contributed by atoms with Gasteiger partial charge in [0.25, 0.3) is 15.8 Å². The molecule has 2 amide bonds. The Morgan fingerprint density at radius 2 is 1.47 bits per heavy atom. The molecule has 0 heterocycles. The van der Waals surface area contributed by atoms with Gasteiger partial charge < -0.3 is 10.6 Å². The standard InChI is InChI=1S/C21H18ClF2N3O3S2/c1-13-2-5-17(26-21(28)25-15-6-3-14(22)4-7-15)12-19(13)32(29,30)27-16-8-10-18(11-9-16)31-20(23)24/h2-12,20,27H,1H3,(H2,25,26,28). The van der Waals surface area contributed by atoms with Crippen LogP contribution in [0.25, 0.3) is 0 Å². The van der Waals surface area contributed by atoms with Crippen LogP contribution in [-0.4, -0.2) is 20.2 Å². The molecule has 3 rings (SSSR count). The summed E-state index contributed by atoms with van der Waals surface area (Å²) < 4.78 is 53.0. The van der Waals surface area contributed by atoms with Crippen molar-refractivity contribution in [2.75, 3.05) is 15.4 Å². The first-order valence-electron chi connectivity index (χ1n) is 9.14. The molecule has 0 saturated carbocycles. The number of urea groups is 1. The first-order chi connectivity index (χ1) is 15.1. The maximum atomic E-state index is 12.9. The van der Waals surface area contributed by atoms with Crippen molar-refractivity contribution in [3.05, 3.63) is 77.3 Å². The van der Waals surface area contributed by atoms with Gasteiger partial charge in [0.15, 0.2) is 0 Å². The lowest BCUT2D eigenvalue weighted by molar-refractivity contribution is 0.252. The zero-order valence-corrected chi connectivity index (χ0v) is 19.0. The number of amides is 2. The van der Waals surface area contributed by atoms with Crippen molar-refractivity contribution in [3.63, 3.8) is 0 Å². The predicted molar refractivity (Wildman–Crippen MR) is 124 cm³/mol. The van der Waals surface area contributed by atoms with Gasteiger partial charge >= 0.3 is 6.03 Å². The first-order valence-corrected chi connectivity index (χ1v) is 11.9. The van der Waals surface area contributed by atoms with Crippen LogP contribution in [0.4, 0.5) is 30.6 Å². The van der Waals surface area contributed by atoms with E-state index >= 15 is 0 Å². The average Bonchev–Trinajstić information content (AvgIpc) is 2.72. The van der Waals surface area contributed by atoms with E-state index in [1.807, 2.05) is 0 Å². The molecule has 0 unspecified atom stereocenters. The van der Waals surface area contributed by atoms with Gasteiger partial charge in [-0.25, -0.2) is 13.2 Å². The van der Waals surface area contributed by atoms with Crippen molar-refractivity contribution >= 4 is 56.5 Å². The van der Waals surface area contributed by atoms with Gasteiger partial charge in [0.05, 0.1) is 4.90 Å². The minimum atomic E-state index is -3.99. The summed E-state index contributed by atoms with van der Waals surface area (Å²) >= 11 is 6.19. The largest absolute Gasteiger partial charge is 0.323 e. The van der Waals surface area contributed by atoms with Crippen molar-refractivity contribution in [2.24, 2.45) is 0 Å². The minimum Gasteiger partial charge on any atom is -0.308 e. The molecular weight excluding hydrogens is 480 g/mol. The van der Waals surface area contributed by atoms with Crippen LogP contribution in [0.1, 0.15) is 5.56 Å². The molecule has 3 aromatic rings. The summed E-state index contributed by atoms with van der Waals surface area (Å²) in [6.07, 6.45) is 0. The number of benzene rings is 3. The van der Waals surface area contributed by atoms with Gasteiger partial charge in [-0.3, -0.25) is 4.72 Å². The molecule has 3 aromatic carbocycles. The highest BCUT2D eigenvalue weighted by atomic mass is 35.5. The van der Waals surface area contributed by atoms with Crippen molar-refractivity contribution in [1.82, 2.24) is 0 Å². The minimum absolute atomic E-state index is 0.0344. The van der Waals surface area contributed by atoms with Crippen LogP contribution in [0, 0.1) is 6.92 Å². The Kier molecular flexibility index (Phi) is 7.60. The Hall–Kier alpha value is -2.82. The summed E-state index contributed by atoms with van der Waals surface area (Å²) in [5, 5.41) is 5.73. The molecule has 0 aromatic heterocycles. The third kappa shape index (κ3) is 6.59. The van der Waals surface area contributed by atoms with E-state index in [1.54, 1.807) is 43.3 Å². The van der Waals surface area contributed by atoms with Gasteiger partial charge in [-0.15, -0.1) is 0 Å². The Bertz CT molecular complexity index is 1210. The number of halogens is 3. The van der Waals surface area contributed by atoms with Crippen molar-refractivity contribution < 1.29 is 22.0 Å². The molecule has 0 aliphatic carbocycles. The third-order valence-corrected chi connectivity index (χ3v) is 6.67. The summed E-state index contributed by atoms with van der Waals surface area (Å²) in [4.78, 5) is 12.5. The van der Waals surface area contributed by atoms with Crippen LogP contribution < -0.4 is 15.4 Å². The lowest BCUT2D eigenvalue weighted by atomic mass is 10.2. The monoisotopic (exact) mass is 497 g/mol. The van der Waals surface area contributed by atoms with Crippen LogP contribution >= 0.6 is 23.4 Å². The highest BCUT2D eigenvalue weighted by molar-refractivity contribution is 7.99. The number of thioether (sulfide) groups is 1. The molecule has 168 valence electrons. The molecule has 0 spiro atoms. The average molecular weight is 498 g/mol. The Morgan fingerprint density at radius 1 is 0.906 bits per heavy atom. The van der Waals surface area contributed by atoms with E-state index in [9.17, 15) is 22.0 Å². The third-order valence-electron chi connectivity index (χ3n) is 4.17. The molecule has 0 atom stereocenters. The zero-order chi connectivity index (χ0) is 23.3. The number of hydrogen-bond donors (Lipinski definition) is 3. The number of sulfonamides is 1. The molecule has 32 heavy (non-hydrogen) atoms. The van der Waals surface area contributed by atoms with Crippen LogP contribution in [0.15, 0.2) is 76.5 Å². The number of aryl methyl sites for hydroxylation is 1. The van der Waals surface area contributed by atoms with E-state index in [4.69, 9.17) is 11.6 Å². The molecule has 11 heteroatoms. The quantitative estimate of drug-likeness (QED) is 0.329. The second-order valence-electron chi connectivity index (χ2n) is 6.57. The van der Waals surface area contributed by atoms with Gasteiger partial charge in [0.1, 0.15) is 0 Å². The molecule has 0 radical (unpaired) electrons.